The van der Waals surface area contributed by atoms with Gasteiger partial charge in [-0.1, -0.05) is 41.9 Å². The van der Waals surface area contributed by atoms with Crippen LogP contribution in [0.15, 0.2) is 59.2 Å². The summed E-state index contributed by atoms with van der Waals surface area (Å²) in [5.41, 5.74) is 0.570. The van der Waals surface area contributed by atoms with Gasteiger partial charge >= 0.3 is 0 Å². The van der Waals surface area contributed by atoms with Crippen LogP contribution in [0.1, 0.15) is 0 Å². The summed E-state index contributed by atoms with van der Waals surface area (Å²) in [5, 5.41) is 5.20. The summed E-state index contributed by atoms with van der Waals surface area (Å²) in [6, 6.07) is 15.0. The molecule has 23 heavy (non-hydrogen) atoms. The number of carbonyl (C=O) groups excluding carboxylic acids is 1. The van der Waals surface area contributed by atoms with E-state index in [-0.39, 0.29) is 12.5 Å². The molecular formula is C17H12BrClN2O2. The van der Waals surface area contributed by atoms with Gasteiger partial charge in [0.25, 0.3) is 5.91 Å². The topological polar surface area (TPSA) is 51.2 Å². The van der Waals surface area contributed by atoms with E-state index in [1.54, 1.807) is 12.1 Å². The number of rotatable bonds is 4. The van der Waals surface area contributed by atoms with Crippen molar-refractivity contribution in [3.8, 4) is 5.75 Å². The van der Waals surface area contributed by atoms with Crippen molar-refractivity contribution in [2.75, 3.05) is 11.9 Å². The van der Waals surface area contributed by atoms with E-state index >= 15 is 0 Å². The smallest absolute Gasteiger partial charge is 0.262 e. The van der Waals surface area contributed by atoms with Crippen LogP contribution in [0.25, 0.3) is 10.8 Å². The number of hydrogen-bond donors (Lipinski definition) is 1. The summed E-state index contributed by atoms with van der Waals surface area (Å²) < 4.78 is 6.43. The molecule has 0 atom stereocenters. The van der Waals surface area contributed by atoms with E-state index in [1.165, 1.54) is 6.20 Å². The van der Waals surface area contributed by atoms with E-state index in [4.69, 9.17) is 16.3 Å². The highest BCUT2D eigenvalue weighted by Crippen LogP contribution is 2.32. The van der Waals surface area contributed by atoms with Crippen LogP contribution >= 0.6 is 27.5 Å². The Morgan fingerprint density at radius 1 is 1.17 bits per heavy atom. The number of amides is 1. The average molecular weight is 392 g/mol. The van der Waals surface area contributed by atoms with E-state index in [9.17, 15) is 4.79 Å². The number of carbonyl (C=O) groups is 1. The second-order valence-corrected chi connectivity index (χ2v) is 5.99. The fourth-order valence-electron chi connectivity index (χ4n) is 2.12. The molecule has 1 heterocycles. The molecule has 0 bridgehead atoms. The standard InChI is InChI=1S/C17H12BrClN2O2/c18-17-13-4-2-1-3-11(13)5-7-14(17)23-10-16(22)21-12-6-8-15(19)20-9-12/h1-9H,10H2,(H,21,22). The lowest BCUT2D eigenvalue weighted by Gasteiger charge is -2.10. The van der Waals surface area contributed by atoms with E-state index in [0.29, 0.717) is 16.6 Å². The van der Waals surface area contributed by atoms with Crippen molar-refractivity contribution in [1.82, 2.24) is 4.98 Å². The fourth-order valence-corrected chi connectivity index (χ4v) is 2.83. The highest BCUT2D eigenvalue weighted by molar-refractivity contribution is 9.10. The SMILES string of the molecule is O=C(COc1ccc2ccccc2c1Br)Nc1ccc(Cl)nc1. The molecule has 116 valence electrons. The fraction of sp³-hybridized carbons (Fsp3) is 0.0588. The minimum absolute atomic E-state index is 0.0977. The van der Waals surface area contributed by atoms with Crippen molar-refractivity contribution >= 4 is 49.9 Å². The Morgan fingerprint density at radius 3 is 2.78 bits per heavy atom. The van der Waals surface area contributed by atoms with Crippen molar-refractivity contribution in [1.29, 1.82) is 0 Å². The first kappa shape index (κ1) is 15.8. The molecule has 0 saturated carbocycles. The number of halogens is 2. The number of fused-ring (bicyclic) bond motifs is 1. The molecule has 0 saturated heterocycles. The summed E-state index contributed by atoms with van der Waals surface area (Å²) in [5.74, 6) is 0.349. The number of nitrogens with one attached hydrogen (secondary N) is 1. The molecular weight excluding hydrogens is 380 g/mol. The zero-order valence-corrected chi connectivity index (χ0v) is 14.3. The van der Waals surface area contributed by atoms with Crippen molar-refractivity contribution in [2.45, 2.75) is 0 Å². The van der Waals surface area contributed by atoms with Crippen LogP contribution in [-0.4, -0.2) is 17.5 Å². The first-order chi connectivity index (χ1) is 11.1. The molecule has 1 aromatic heterocycles. The van der Waals surface area contributed by atoms with E-state index < -0.39 is 0 Å². The number of nitrogens with zero attached hydrogens (tertiary/aromatic N) is 1. The molecule has 0 aliphatic heterocycles. The molecule has 1 amide bonds. The molecule has 4 nitrogen and oxygen atoms in total. The highest BCUT2D eigenvalue weighted by atomic mass is 79.9. The van der Waals surface area contributed by atoms with Crippen molar-refractivity contribution in [3.63, 3.8) is 0 Å². The lowest BCUT2D eigenvalue weighted by Crippen LogP contribution is -2.20. The number of benzene rings is 2. The molecule has 3 aromatic rings. The van der Waals surface area contributed by atoms with E-state index in [1.807, 2.05) is 36.4 Å². The van der Waals surface area contributed by atoms with Gasteiger partial charge in [-0.05, 0) is 44.9 Å². The Bertz CT molecular complexity index is 853. The molecule has 0 unspecified atom stereocenters. The Balaban J connectivity index is 1.67. The van der Waals surface area contributed by atoms with Crippen LogP contribution in [0.3, 0.4) is 0 Å². The quantitative estimate of drug-likeness (QED) is 0.658. The molecule has 1 N–H and O–H groups in total. The Hall–Kier alpha value is -2.11. The third-order valence-electron chi connectivity index (χ3n) is 3.20. The Labute approximate surface area is 146 Å². The first-order valence-electron chi connectivity index (χ1n) is 6.85. The summed E-state index contributed by atoms with van der Waals surface area (Å²) in [6.07, 6.45) is 1.49. The van der Waals surface area contributed by atoms with Gasteiger partial charge in [0.15, 0.2) is 6.61 Å². The number of aromatic nitrogens is 1. The van der Waals surface area contributed by atoms with Gasteiger partial charge in [-0.3, -0.25) is 4.79 Å². The Morgan fingerprint density at radius 2 is 2.00 bits per heavy atom. The minimum atomic E-state index is -0.269. The number of ether oxygens (including phenoxy) is 1. The summed E-state index contributed by atoms with van der Waals surface area (Å²) in [7, 11) is 0. The molecule has 0 fully saturated rings. The predicted octanol–water partition coefficient (Wildman–Crippen LogP) is 4.67. The second kappa shape index (κ2) is 6.98. The zero-order valence-electron chi connectivity index (χ0n) is 11.9. The maximum Gasteiger partial charge on any atom is 0.262 e. The van der Waals surface area contributed by atoms with Gasteiger partial charge in [0, 0.05) is 0 Å². The zero-order chi connectivity index (χ0) is 16.2. The predicted molar refractivity (Wildman–Crippen MR) is 95.0 cm³/mol. The van der Waals surface area contributed by atoms with Crippen LogP contribution in [0.2, 0.25) is 5.15 Å². The Kier molecular flexibility index (Phi) is 4.79. The monoisotopic (exact) mass is 390 g/mol. The van der Waals surface area contributed by atoms with Crippen LogP contribution in [0, 0.1) is 0 Å². The van der Waals surface area contributed by atoms with Crippen LogP contribution in [0.4, 0.5) is 5.69 Å². The largest absolute Gasteiger partial charge is 0.483 e. The summed E-state index contributed by atoms with van der Waals surface area (Å²) in [4.78, 5) is 15.8. The number of anilines is 1. The summed E-state index contributed by atoms with van der Waals surface area (Å²) in [6.45, 7) is -0.0977. The number of hydrogen-bond acceptors (Lipinski definition) is 3. The van der Waals surface area contributed by atoms with E-state index in [2.05, 4.69) is 26.2 Å². The van der Waals surface area contributed by atoms with Gasteiger partial charge in [-0.2, -0.15) is 0 Å². The maximum absolute atomic E-state index is 11.9. The van der Waals surface area contributed by atoms with Gasteiger partial charge in [-0.15, -0.1) is 0 Å². The lowest BCUT2D eigenvalue weighted by atomic mass is 10.1. The van der Waals surface area contributed by atoms with Crippen LogP contribution in [0.5, 0.6) is 5.75 Å². The molecule has 0 aliphatic rings. The van der Waals surface area contributed by atoms with Gasteiger partial charge in [0.2, 0.25) is 0 Å². The molecule has 0 radical (unpaired) electrons. The van der Waals surface area contributed by atoms with E-state index in [0.717, 1.165) is 15.2 Å². The normalized spacial score (nSPS) is 10.5. The van der Waals surface area contributed by atoms with Crippen molar-refractivity contribution < 1.29 is 9.53 Å². The van der Waals surface area contributed by atoms with Gasteiger partial charge in [0.05, 0.1) is 16.4 Å². The number of pyridine rings is 1. The lowest BCUT2D eigenvalue weighted by molar-refractivity contribution is -0.118. The third kappa shape index (κ3) is 3.81. The molecule has 0 spiro atoms. The molecule has 2 aromatic carbocycles. The molecule has 6 heteroatoms. The van der Waals surface area contributed by atoms with Crippen LogP contribution < -0.4 is 10.1 Å². The average Bonchev–Trinajstić information content (AvgIpc) is 2.57. The molecule has 3 rings (SSSR count). The second-order valence-electron chi connectivity index (χ2n) is 4.81. The van der Waals surface area contributed by atoms with Crippen LogP contribution in [-0.2, 0) is 4.79 Å². The molecule has 0 aliphatic carbocycles. The first-order valence-corrected chi connectivity index (χ1v) is 8.02. The van der Waals surface area contributed by atoms with Gasteiger partial charge < -0.3 is 10.1 Å². The van der Waals surface area contributed by atoms with Gasteiger partial charge in [0.1, 0.15) is 10.9 Å². The summed E-state index contributed by atoms with van der Waals surface area (Å²) >= 11 is 9.23. The highest BCUT2D eigenvalue weighted by Gasteiger charge is 2.09. The third-order valence-corrected chi connectivity index (χ3v) is 4.24. The minimum Gasteiger partial charge on any atom is -0.483 e. The van der Waals surface area contributed by atoms with Crippen molar-refractivity contribution in [3.05, 3.63) is 64.4 Å². The van der Waals surface area contributed by atoms with Crippen molar-refractivity contribution in [2.24, 2.45) is 0 Å². The van der Waals surface area contributed by atoms with Gasteiger partial charge in [-0.25, -0.2) is 4.98 Å². The maximum atomic E-state index is 11.9.